The van der Waals surface area contributed by atoms with Crippen LogP contribution in [0.2, 0.25) is 0 Å². The number of hydrogen-bond acceptors (Lipinski definition) is 4. The summed E-state index contributed by atoms with van der Waals surface area (Å²) < 4.78 is 33.2. The number of rotatable bonds is 8. The first-order valence-corrected chi connectivity index (χ1v) is 13.7. The van der Waals surface area contributed by atoms with E-state index in [-0.39, 0.29) is 18.4 Å². The lowest BCUT2D eigenvalue weighted by molar-refractivity contribution is 0.0410. The molecule has 7 heteroatoms. The molecule has 0 radical (unpaired) electrons. The second-order valence-electron chi connectivity index (χ2n) is 12.9. The van der Waals surface area contributed by atoms with Crippen LogP contribution in [-0.2, 0) is 22.1 Å². The summed E-state index contributed by atoms with van der Waals surface area (Å²) in [6.07, 6.45) is 1.76. The molecule has 214 valence electrons. The molecule has 1 fully saturated rings. The van der Waals surface area contributed by atoms with E-state index in [1.165, 1.54) is 17.7 Å². The van der Waals surface area contributed by atoms with E-state index in [1.807, 2.05) is 0 Å². The number of aliphatic hydroxyl groups is 1. The Hall–Kier alpha value is -2.77. The molecule has 1 saturated carbocycles. The molecule has 2 aromatic rings. The number of nitrogens with one attached hydrogen (secondary N) is 2. The molecule has 0 heterocycles. The van der Waals surface area contributed by atoms with Gasteiger partial charge in [-0.1, -0.05) is 57.2 Å². The normalized spacial score (nSPS) is 19.9. The fraction of sp³-hybridized carbons (Fsp3) is 0.531. The van der Waals surface area contributed by atoms with Gasteiger partial charge >= 0.3 is 6.09 Å². The third-order valence-electron chi connectivity index (χ3n) is 7.16. The largest absolute Gasteiger partial charge is 0.444 e. The molecule has 0 aliphatic heterocycles. The molecule has 0 bridgehead atoms. The molecule has 2 unspecified atom stereocenters. The van der Waals surface area contributed by atoms with Crippen LogP contribution in [0.25, 0.3) is 0 Å². The van der Waals surface area contributed by atoms with Crippen LogP contribution in [-0.4, -0.2) is 35.5 Å². The lowest BCUT2D eigenvalue weighted by Gasteiger charge is -2.41. The number of carbonyl (C=O) groups is 1. The van der Waals surface area contributed by atoms with Crippen LogP contribution in [0.3, 0.4) is 0 Å². The quantitative estimate of drug-likeness (QED) is 0.326. The summed E-state index contributed by atoms with van der Waals surface area (Å²) in [4.78, 5) is 12.6. The Balaban J connectivity index is 1.87. The van der Waals surface area contributed by atoms with Gasteiger partial charge in [0.1, 0.15) is 17.2 Å². The summed E-state index contributed by atoms with van der Waals surface area (Å²) in [6, 6.07) is 10.9. The molecule has 0 spiro atoms. The summed E-state index contributed by atoms with van der Waals surface area (Å²) in [7, 11) is 0. The lowest BCUT2D eigenvalue weighted by Crippen LogP contribution is -2.54. The Labute approximate surface area is 232 Å². The zero-order valence-corrected chi connectivity index (χ0v) is 24.2. The van der Waals surface area contributed by atoms with Crippen molar-refractivity contribution in [2.75, 3.05) is 6.54 Å². The van der Waals surface area contributed by atoms with Gasteiger partial charge in [-0.15, -0.1) is 0 Å². The first kappa shape index (κ1) is 30.8. The van der Waals surface area contributed by atoms with Gasteiger partial charge in [-0.25, -0.2) is 13.6 Å². The average molecular weight is 543 g/mol. The highest BCUT2D eigenvalue weighted by Crippen LogP contribution is 2.40. The number of amides is 1. The molecular formula is C32H44F2N2O3. The number of carbonyl (C=O) groups excluding carboxylic acids is 1. The van der Waals surface area contributed by atoms with Gasteiger partial charge in [0.05, 0.1) is 12.1 Å². The van der Waals surface area contributed by atoms with E-state index in [0.717, 1.165) is 42.9 Å². The molecule has 3 atom stereocenters. The lowest BCUT2D eigenvalue weighted by atomic mass is 9.73. The predicted molar refractivity (Wildman–Crippen MR) is 152 cm³/mol. The van der Waals surface area contributed by atoms with Crippen LogP contribution in [0, 0.1) is 11.6 Å². The molecule has 2 aromatic carbocycles. The summed E-state index contributed by atoms with van der Waals surface area (Å²) in [6.45, 7) is 16.2. The van der Waals surface area contributed by atoms with Gasteiger partial charge in [-0.05, 0) is 87.1 Å². The summed E-state index contributed by atoms with van der Waals surface area (Å²) in [5.41, 5.74) is 2.62. The van der Waals surface area contributed by atoms with Crippen molar-refractivity contribution in [2.45, 2.75) is 102 Å². The van der Waals surface area contributed by atoms with E-state index in [9.17, 15) is 18.7 Å². The van der Waals surface area contributed by atoms with E-state index in [1.54, 1.807) is 20.8 Å². The van der Waals surface area contributed by atoms with Crippen molar-refractivity contribution in [3.63, 3.8) is 0 Å². The summed E-state index contributed by atoms with van der Waals surface area (Å²) >= 11 is 0. The van der Waals surface area contributed by atoms with Gasteiger partial charge in [0.25, 0.3) is 0 Å². The van der Waals surface area contributed by atoms with E-state index < -0.39 is 41.0 Å². The van der Waals surface area contributed by atoms with Gasteiger partial charge < -0.3 is 20.5 Å². The third-order valence-corrected chi connectivity index (χ3v) is 7.16. The molecule has 1 amide bonds. The predicted octanol–water partition coefficient (Wildman–Crippen LogP) is 6.67. The van der Waals surface area contributed by atoms with Crippen LogP contribution in [0.4, 0.5) is 13.6 Å². The van der Waals surface area contributed by atoms with Crippen LogP contribution in [0.15, 0.2) is 54.6 Å². The van der Waals surface area contributed by atoms with E-state index in [4.69, 9.17) is 4.74 Å². The van der Waals surface area contributed by atoms with E-state index >= 15 is 0 Å². The standard InChI is InChI=1S/C32H44F2N2O3/c1-21-10-9-13-32(19-21,24-12-8-11-23(17-24)30(2,3)4)35-20-28(37)27(36-29(38)39-31(5,6)7)16-22-14-25(33)18-26(34)15-22/h8,11-12,14-15,17-18,27-28,35,37H,1,9-10,13,16,19-20H2,2-7H3,(H,36,38)/t27?,28-,32?/m1/s1. The molecule has 1 aliphatic rings. The topological polar surface area (TPSA) is 70.6 Å². The van der Waals surface area contributed by atoms with Crippen molar-refractivity contribution in [1.29, 1.82) is 0 Å². The van der Waals surface area contributed by atoms with Crippen LogP contribution < -0.4 is 10.6 Å². The first-order chi connectivity index (χ1) is 18.1. The van der Waals surface area contributed by atoms with Crippen molar-refractivity contribution in [3.05, 3.63) is 82.9 Å². The van der Waals surface area contributed by atoms with Crippen LogP contribution in [0.1, 0.15) is 83.9 Å². The number of aliphatic hydroxyl groups excluding tert-OH is 1. The number of halogens is 2. The number of hydrogen-bond donors (Lipinski definition) is 3. The first-order valence-electron chi connectivity index (χ1n) is 13.7. The number of benzene rings is 2. The van der Waals surface area contributed by atoms with Crippen molar-refractivity contribution in [2.24, 2.45) is 0 Å². The fourth-order valence-corrected chi connectivity index (χ4v) is 5.19. The average Bonchev–Trinajstić information content (AvgIpc) is 2.80. The maximum atomic E-state index is 13.9. The van der Waals surface area contributed by atoms with Crippen molar-refractivity contribution in [3.8, 4) is 0 Å². The molecule has 0 aromatic heterocycles. The minimum Gasteiger partial charge on any atom is -0.444 e. The van der Waals surface area contributed by atoms with Crippen molar-refractivity contribution >= 4 is 6.09 Å². The Kier molecular flexibility index (Phi) is 9.60. The molecule has 39 heavy (non-hydrogen) atoms. The second kappa shape index (κ2) is 12.2. The van der Waals surface area contributed by atoms with Crippen molar-refractivity contribution < 1.29 is 23.4 Å². The molecular weight excluding hydrogens is 498 g/mol. The van der Waals surface area contributed by atoms with Crippen LogP contribution in [0.5, 0.6) is 0 Å². The Morgan fingerprint density at radius 1 is 1.10 bits per heavy atom. The molecule has 5 nitrogen and oxygen atoms in total. The highest BCUT2D eigenvalue weighted by molar-refractivity contribution is 5.68. The maximum absolute atomic E-state index is 13.9. The zero-order valence-electron chi connectivity index (χ0n) is 24.2. The maximum Gasteiger partial charge on any atom is 0.407 e. The minimum atomic E-state index is -1.07. The summed E-state index contributed by atoms with van der Waals surface area (Å²) in [5.74, 6) is -1.43. The second-order valence-corrected chi connectivity index (χ2v) is 12.9. The van der Waals surface area contributed by atoms with E-state index in [2.05, 4.69) is 62.2 Å². The van der Waals surface area contributed by atoms with Crippen molar-refractivity contribution in [1.82, 2.24) is 10.6 Å². The third kappa shape index (κ3) is 8.87. The Bertz CT molecular complexity index is 1150. The van der Waals surface area contributed by atoms with Crippen LogP contribution >= 0.6 is 0 Å². The number of ether oxygens (including phenoxy) is 1. The highest BCUT2D eigenvalue weighted by Gasteiger charge is 2.37. The smallest absolute Gasteiger partial charge is 0.407 e. The number of alkyl carbamates (subject to hydrolysis) is 1. The minimum absolute atomic E-state index is 0.0228. The monoisotopic (exact) mass is 542 g/mol. The van der Waals surface area contributed by atoms with Gasteiger partial charge in [0, 0.05) is 18.2 Å². The Morgan fingerprint density at radius 2 is 1.77 bits per heavy atom. The van der Waals surface area contributed by atoms with E-state index in [0.29, 0.717) is 5.56 Å². The van der Waals surface area contributed by atoms with Gasteiger partial charge in [-0.2, -0.15) is 0 Å². The molecule has 0 saturated heterocycles. The fourth-order valence-electron chi connectivity index (χ4n) is 5.19. The summed E-state index contributed by atoms with van der Waals surface area (Å²) in [5, 5.41) is 17.7. The van der Waals surface area contributed by atoms with Gasteiger partial charge in [-0.3, -0.25) is 0 Å². The highest BCUT2D eigenvalue weighted by atomic mass is 19.1. The Morgan fingerprint density at radius 3 is 2.36 bits per heavy atom. The van der Waals surface area contributed by atoms with Gasteiger partial charge in [0.2, 0.25) is 0 Å². The zero-order chi connectivity index (χ0) is 29.0. The molecule has 1 aliphatic carbocycles. The van der Waals surface area contributed by atoms with Gasteiger partial charge in [0.15, 0.2) is 0 Å². The molecule has 3 N–H and O–H groups in total. The SMILES string of the molecule is C=C1CCCC(NC[C@@H](O)C(Cc2cc(F)cc(F)c2)NC(=O)OC(C)(C)C)(c2cccc(C(C)(C)C)c2)C1. The molecule has 3 rings (SSSR count).